The lowest BCUT2D eigenvalue weighted by Crippen LogP contribution is -2.38. The lowest BCUT2D eigenvalue weighted by molar-refractivity contribution is 0.111. The van der Waals surface area contributed by atoms with E-state index < -0.39 is 0 Å². The maximum absolute atomic E-state index is 9.75. The van der Waals surface area contributed by atoms with Crippen molar-refractivity contribution < 1.29 is 5.11 Å². The second kappa shape index (κ2) is 7.74. The van der Waals surface area contributed by atoms with Crippen LogP contribution in [-0.2, 0) is 0 Å². The van der Waals surface area contributed by atoms with Gasteiger partial charge in [0.25, 0.3) is 0 Å². The van der Waals surface area contributed by atoms with Gasteiger partial charge in [0.05, 0.1) is 6.04 Å². The number of thiophene rings is 1. The lowest BCUT2D eigenvalue weighted by Gasteiger charge is -2.32. The molecule has 1 unspecified atom stereocenters. The molecule has 1 atom stereocenters. The molecule has 114 valence electrons. The molecular weight excluding hydrogens is 278 g/mol. The molecule has 2 aromatic rings. The van der Waals surface area contributed by atoms with Crippen molar-refractivity contribution in [2.45, 2.75) is 32.7 Å². The van der Waals surface area contributed by atoms with Crippen LogP contribution in [0.1, 0.15) is 43.2 Å². The first kappa shape index (κ1) is 16.2. The van der Waals surface area contributed by atoms with Crippen molar-refractivity contribution in [2.75, 3.05) is 13.2 Å². The summed E-state index contributed by atoms with van der Waals surface area (Å²) in [6, 6.07) is 15.0. The molecule has 0 bridgehead atoms. The highest BCUT2D eigenvalue weighted by Gasteiger charge is 2.27. The summed E-state index contributed by atoms with van der Waals surface area (Å²) in [6.07, 6.45) is 1.97. The van der Waals surface area contributed by atoms with Crippen LogP contribution in [-0.4, -0.2) is 18.3 Å². The van der Waals surface area contributed by atoms with E-state index in [4.69, 9.17) is 0 Å². The van der Waals surface area contributed by atoms with Crippen LogP contribution in [0.25, 0.3) is 0 Å². The fraction of sp³-hybridized carbons (Fsp3) is 0.444. The first-order valence-corrected chi connectivity index (χ1v) is 8.55. The molecule has 0 saturated heterocycles. The number of aliphatic hydroxyl groups is 1. The van der Waals surface area contributed by atoms with E-state index in [-0.39, 0.29) is 18.1 Å². The van der Waals surface area contributed by atoms with Crippen LogP contribution < -0.4 is 5.32 Å². The minimum Gasteiger partial charge on any atom is -0.396 e. The molecule has 21 heavy (non-hydrogen) atoms. The Morgan fingerprint density at radius 3 is 2.33 bits per heavy atom. The first-order chi connectivity index (χ1) is 10.2. The summed E-state index contributed by atoms with van der Waals surface area (Å²) in [6.45, 7) is 5.38. The predicted octanol–water partition coefficient (Wildman–Crippen LogP) is 4.23. The molecular formula is C18H25NOS. The van der Waals surface area contributed by atoms with Crippen LogP contribution in [0.15, 0.2) is 47.8 Å². The second-order valence-corrected chi connectivity index (χ2v) is 6.58. The van der Waals surface area contributed by atoms with Crippen molar-refractivity contribution >= 4 is 11.3 Å². The molecule has 0 amide bonds. The highest BCUT2D eigenvalue weighted by atomic mass is 32.1. The highest BCUT2D eigenvalue weighted by Crippen LogP contribution is 2.29. The summed E-state index contributed by atoms with van der Waals surface area (Å²) < 4.78 is 0. The highest BCUT2D eigenvalue weighted by molar-refractivity contribution is 7.10. The van der Waals surface area contributed by atoms with Gasteiger partial charge < -0.3 is 10.4 Å². The van der Waals surface area contributed by atoms with E-state index in [0.29, 0.717) is 0 Å². The van der Waals surface area contributed by atoms with Crippen LogP contribution in [0.4, 0.5) is 0 Å². The Hall–Kier alpha value is -1.16. The number of hydrogen-bond donors (Lipinski definition) is 2. The zero-order chi connectivity index (χ0) is 15.1. The number of rotatable bonds is 8. The Balaban J connectivity index is 2.18. The van der Waals surface area contributed by atoms with Crippen LogP contribution >= 0.6 is 11.3 Å². The van der Waals surface area contributed by atoms with Gasteiger partial charge in [0, 0.05) is 23.4 Å². The first-order valence-electron chi connectivity index (χ1n) is 7.67. The van der Waals surface area contributed by atoms with E-state index in [1.165, 1.54) is 10.4 Å². The number of hydrogen-bond acceptors (Lipinski definition) is 3. The van der Waals surface area contributed by atoms with Crippen LogP contribution in [0.5, 0.6) is 0 Å². The Labute approximate surface area is 131 Å². The fourth-order valence-electron chi connectivity index (χ4n) is 2.58. The summed E-state index contributed by atoms with van der Waals surface area (Å²) >= 11 is 1.77. The number of benzene rings is 1. The molecule has 2 rings (SSSR count). The monoisotopic (exact) mass is 303 g/mol. The van der Waals surface area contributed by atoms with Crippen molar-refractivity contribution in [2.24, 2.45) is 5.41 Å². The van der Waals surface area contributed by atoms with Crippen LogP contribution in [0, 0.1) is 5.41 Å². The second-order valence-electron chi connectivity index (χ2n) is 5.61. The molecule has 0 saturated carbocycles. The van der Waals surface area contributed by atoms with E-state index in [9.17, 15) is 5.11 Å². The van der Waals surface area contributed by atoms with E-state index >= 15 is 0 Å². The smallest absolute Gasteiger partial charge is 0.0671 e. The maximum atomic E-state index is 9.75. The maximum Gasteiger partial charge on any atom is 0.0671 e. The summed E-state index contributed by atoms with van der Waals surface area (Å²) in [5.74, 6) is 0. The molecule has 3 heteroatoms. The van der Waals surface area contributed by atoms with Crippen molar-refractivity contribution in [1.82, 2.24) is 5.32 Å². The van der Waals surface area contributed by atoms with E-state index in [0.717, 1.165) is 19.4 Å². The minimum absolute atomic E-state index is 0.0235. The summed E-state index contributed by atoms with van der Waals surface area (Å²) in [7, 11) is 0. The summed E-state index contributed by atoms with van der Waals surface area (Å²) in [5.41, 5.74) is 1.25. The molecule has 0 spiro atoms. The van der Waals surface area contributed by atoms with E-state index in [2.05, 4.69) is 60.9 Å². The zero-order valence-corrected chi connectivity index (χ0v) is 13.7. The average molecular weight is 303 g/mol. The normalized spacial score (nSPS) is 13.3. The van der Waals surface area contributed by atoms with Crippen molar-refractivity contribution in [1.29, 1.82) is 0 Å². The largest absolute Gasteiger partial charge is 0.396 e. The Kier molecular flexibility index (Phi) is 5.97. The van der Waals surface area contributed by atoms with Gasteiger partial charge in [-0.1, -0.05) is 50.2 Å². The standard InChI is InChI=1S/C18H25NOS/c1-3-18(4-2,14-20)13-19-17(16-11-8-12-21-16)15-9-6-5-7-10-15/h5-12,17,19-20H,3-4,13-14H2,1-2H3. The van der Waals surface area contributed by atoms with Gasteiger partial charge in [-0.2, -0.15) is 0 Å². The quantitative estimate of drug-likeness (QED) is 0.765. The zero-order valence-electron chi connectivity index (χ0n) is 12.9. The van der Waals surface area contributed by atoms with Gasteiger partial charge in [-0.15, -0.1) is 11.3 Å². The Bertz CT molecular complexity index is 497. The molecule has 1 aromatic carbocycles. The van der Waals surface area contributed by atoms with Crippen molar-refractivity contribution in [3.63, 3.8) is 0 Å². The van der Waals surface area contributed by atoms with Crippen molar-refractivity contribution in [3.05, 3.63) is 58.3 Å². The number of nitrogens with one attached hydrogen (secondary N) is 1. The van der Waals surface area contributed by atoms with Gasteiger partial charge in [-0.25, -0.2) is 0 Å². The predicted molar refractivity (Wildman–Crippen MR) is 90.7 cm³/mol. The van der Waals surface area contributed by atoms with Crippen LogP contribution in [0.3, 0.4) is 0 Å². The molecule has 0 aliphatic rings. The minimum atomic E-state index is -0.0235. The molecule has 0 aliphatic carbocycles. The van der Waals surface area contributed by atoms with Gasteiger partial charge in [0.1, 0.15) is 0 Å². The van der Waals surface area contributed by atoms with Gasteiger partial charge in [-0.3, -0.25) is 0 Å². The molecule has 2 N–H and O–H groups in total. The van der Waals surface area contributed by atoms with Crippen LogP contribution in [0.2, 0.25) is 0 Å². The van der Waals surface area contributed by atoms with Crippen molar-refractivity contribution in [3.8, 4) is 0 Å². The molecule has 2 nitrogen and oxygen atoms in total. The molecule has 1 aromatic heterocycles. The fourth-order valence-corrected chi connectivity index (χ4v) is 3.41. The third-order valence-corrected chi connectivity index (χ3v) is 5.41. The van der Waals surface area contributed by atoms with Gasteiger partial charge >= 0.3 is 0 Å². The molecule has 0 aliphatic heterocycles. The van der Waals surface area contributed by atoms with Gasteiger partial charge in [-0.05, 0) is 29.9 Å². The molecule has 1 heterocycles. The lowest BCUT2D eigenvalue weighted by atomic mass is 9.83. The summed E-state index contributed by atoms with van der Waals surface area (Å²) in [4.78, 5) is 1.32. The van der Waals surface area contributed by atoms with Gasteiger partial charge in [0.15, 0.2) is 0 Å². The van der Waals surface area contributed by atoms with Gasteiger partial charge in [0.2, 0.25) is 0 Å². The topological polar surface area (TPSA) is 32.3 Å². The number of aliphatic hydroxyl groups excluding tert-OH is 1. The third-order valence-electron chi connectivity index (χ3n) is 4.48. The molecule has 0 radical (unpaired) electrons. The Morgan fingerprint density at radius 2 is 1.81 bits per heavy atom. The molecule has 0 fully saturated rings. The third kappa shape index (κ3) is 3.94. The average Bonchev–Trinajstić information content (AvgIpc) is 3.07. The van der Waals surface area contributed by atoms with E-state index in [1.807, 2.05) is 6.07 Å². The van der Waals surface area contributed by atoms with E-state index in [1.54, 1.807) is 11.3 Å². The summed E-state index contributed by atoms with van der Waals surface area (Å²) in [5, 5.41) is 15.6. The Morgan fingerprint density at radius 1 is 1.10 bits per heavy atom. The SMILES string of the molecule is CCC(CC)(CO)CNC(c1ccccc1)c1cccs1.